The van der Waals surface area contributed by atoms with E-state index in [1.165, 1.54) is 13.2 Å². The van der Waals surface area contributed by atoms with Crippen LogP contribution in [0.3, 0.4) is 0 Å². The molecule has 0 aromatic heterocycles. The smallest absolute Gasteiger partial charge is 0.294 e. The van der Waals surface area contributed by atoms with Crippen LogP contribution in [0.4, 0.5) is 10.5 Å². The fraction of sp³-hybridized carbons (Fsp3) is 0.179. The summed E-state index contributed by atoms with van der Waals surface area (Å²) >= 11 is 13.2. The van der Waals surface area contributed by atoms with Gasteiger partial charge < -0.3 is 19.5 Å². The first kappa shape index (κ1) is 28.4. The van der Waals surface area contributed by atoms with Gasteiger partial charge in [-0.3, -0.25) is 19.3 Å². The number of halogens is 2. The molecule has 0 bridgehead atoms. The predicted octanol–water partition coefficient (Wildman–Crippen LogP) is 6.65. The molecule has 1 fully saturated rings. The monoisotopic (exact) mass is 586 g/mol. The van der Waals surface area contributed by atoms with Crippen molar-refractivity contribution in [2.24, 2.45) is 0 Å². The number of hydrogen-bond acceptors (Lipinski definition) is 7. The molecule has 8 nitrogen and oxygen atoms in total. The molecule has 0 spiro atoms. The molecule has 0 aliphatic carbocycles. The molecule has 0 saturated carbocycles. The molecule has 3 aromatic carbocycles. The van der Waals surface area contributed by atoms with Crippen molar-refractivity contribution in [1.82, 2.24) is 4.90 Å². The van der Waals surface area contributed by atoms with Gasteiger partial charge in [0.1, 0.15) is 18.9 Å². The van der Waals surface area contributed by atoms with Gasteiger partial charge in [0, 0.05) is 5.02 Å². The average Bonchev–Trinajstić information content (AvgIpc) is 3.16. The van der Waals surface area contributed by atoms with E-state index in [1.807, 2.05) is 19.1 Å². The summed E-state index contributed by atoms with van der Waals surface area (Å²) in [6.45, 7) is 1.98. The van der Waals surface area contributed by atoms with Crippen molar-refractivity contribution in [3.05, 3.63) is 86.7 Å². The third-order valence-corrected chi connectivity index (χ3v) is 6.92. The highest BCUT2D eigenvalue weighted by Crippen LogP contribution is 2.39. The van der Waals surface area contributed by atoms with Gasteiger partial charge >= 0.3 is 0 Å². The zero-order valence-electron chi connectivity index (χ0n) is 21.0. The number of methoxy groups -OCH3 is 1. The molecule has 11 heteroatoms. The summed E-state index contributed by atoms with van der Waals surface area (Å²) in [7, 11) is 1.48. The molecular formula is C28H24Cl2N2O6S. The molecule has 0 unspecified atom stereocenters. The number of rotatable bonds is 10. The Morgan fingerprint density at radius 2 is 1.77 bits per heavy atom. The van der Waals surface area contributed by atoms with Crippen LogP contribution >= 0.6 is 35.0 Å². The molecule has 1 aliphatic heterocycles. The minimum Gasteiger partial charge on any atom is -0.495 e. The van der Waals surface area contributed by atoms with Crippen LogP contribution in [0.15, 0.2) is 65.6 Å². The molecule has 0 atom stereocenters. The largest absolute Gasteiger partial charge is 0.495 e. The van der Waals surface area contributed by atoms with Crippen molar-refractivity contribution >= 4 is 63.8 Å². The molecule has 1 N–H and O–H groups in total. The summed E-state index contributed by atoms with van der Waals surface area (Å²) in [6.07, 6.45) is 1.53. The van der Waals surface area contributed by atoms with Crippen molar-refractivity contribution in [3.8, 4) is 17.2 Å². The summed E-state index contributed by atoms with van der Waals surface area (Å²) in [5.41, 5.74) is 1.86. The lowest BCUT2D eigenvalue weighted by Crippen LogP contribution is -2.36. The quantitative estimate of drug-likeness (QED) is 0.265. The van der Waals surface area contributed by atoms with Crippen LogP contribution in [0.25, 0.3) is 6.08 Å². The number of para-hydroxylation sites is 2. The lowest BCUT2D eigenvalue weighted by molar-refractivity contribution is -0.127. The third kappa shape index (κ3) is 7.06. The van der Waals surface area contributed by atoms with E-state index >= 15 is 0 Å². The van der Waals surface area contributed by atoms with E-state index in [0.29, 0.717) is 40.1 Å². The van der Waals surface area contributed by atoms with Gasteiger partial charge in [0.2, 0.25) is 5.91 Å². The summed E-state index contributed by atoms with van der Waals surface area (Å²) in [6, 6.07) is 17.4. The number of thioether (sulfide) groups is 1. The number of benzene rings is 3. The van der Waals surface area contributed by atoms with E-state index in [9.17, 15) is 14.4 Å². The summed E-state index contributed by atoms with van der Waals surface area (Å²) in [4.78, 5) is 39.2. The Bertz CT molecular complexity index is 1430. The van der Waals surface area contributed by atoms with Crippen LogP contribution in [0.5, 0.6) is 17.2 Å². The maximum absolute atomic E-state index is 13.0. The van der Waals surface area contributed by atoms with E-state index in [4.69, 9.17) is 37.4 Å². The summed E-state index contributed by atoms with van der Waals surface area (Å²) in [5.74, 6) is 0.0825. The highest BCUT2D eigenvalue weighted by molar-refractivity contribution is 8.18. The summed E-state index contributed by atoms with van der Waals surface area (Å²) in [5, 5.41) is 3.00. The molecular weight excluding hydrogens is 563 g/mol. The number of nitrogens with zero attached hydrogens (tertiary/aromatic N) is 1. The fourth-order valence-electron chi connectivity index (χ4n) is 3.68. The number of nitrogens with one attached hydrogen (secondary N) is 1. The minimum atomic E-state index is -0.586. The molecule has 3 aromatic rings. The molecule has 1 heterocycles. The molecule has 1 aliphatic rings. The lowest BCUT2D eigenvalue weighted by atomic mass is 10.1. The number of imide groups is 1. The van der Waals surface area contributed by atoms with E-state index < -0.39 is 23.6 Å². The Morgan fingerprint density at radius 1 is 1.03 bits per heavy atom. The standard InChI is InChI=1S/C28H24Cl2N2O6S/c1-3-37-23-13-18(12-20(30)26(23)38-16-17-8-10-19(29)11-9-17)14-24-27(34)32(28(35)39-24)15-25(33)31-21-6-4-5-7-22(21)36-2/h4-14H,3,15-16H2,1-2H3,(H,31,33)/b24-14+. The highest BCUT2D eigenvalue weighted by Gasteiger charge is 2.36. The first-order chi connectivity index (χ1) is 18.8. The van der Waals surface area contributed by atoms with Crippen molar-refractivity contribution < 1.29 is 28.6 Å². The summed E-state index contributed by atoms with van der Waals surface area (Å²) < 4.78 is 16.9. The van der Waals surface area contributed by atoms with Crippen LogP contribution in [-0.4, -0.2) is 42.2 Å². The van der Waals surface area contributed by atoms with Crippen LogP contribution < -0.4 is 19.5 Å². The van der Waals surface area contributed by atoms with Crippen LogP contribution in [0, 0.1) is 0 Å². The average molecular weight is 587 g/mol. The zero-order valence-corrected chi connectivity index (χ0v) is 23.4. The van der Waals surface area contributed by atoms with Gasteiger partial charge in [-0.2, -0.15) is 0 Å². The van der Waals surface area contributed by atoms with E-state index in [1.54, 1.807) is 48.5 Å². The van der Waals surface area contributed by atoms with Crippen molar-refractivity contribution in [3.63, 3.8) is 0 Å². The van der Waals surface area contributed by atoms with Gasteiger partial charge in [0.15, 0.2) is 11.5 Å². The Hall–Kier alpha value is -3.66. The van der Waals surface area contributed by atoms with Crippen LogP contribution in [0.2, 0.25) is 10.0 Å². The third-order valence-electron chi connectivity index (χ3n) is 5.48. The molecule has 0 radical (unpaired) electrons. The Morgan fingerprint density at radius 3 is 2.49 bits per heavy atom. The van der Waals surface area contributed by atoms with E-state index in [0.717, 1.165) is 22.2 Å². The molecule has 39 heavy (non-hydrogen) atoms. The van der Waals surface area contributed by atoms with Crippen LogP contribution in [-0.2, 0) is 16.2 Å². The number of anilines is 1. The maximum Gasteiger partial charge on any atom is 0.294 e. The highest BCUT2D eigenvalue weighted by atomic mass is 35.5. The van der Waals surface area contributed by atoms with E-state index in [-0.39, 0.29) is 16.5 Å². The second-order valence-corrected chi connectivity index (χ2v) is 10.0. The predicted molar refractivity (Wildman–Crippen MR) is 153 cm³/mol. The van der Waals surface area contributed by atoms with E-state index in [2.05, 4.69) is 5.32 Å². The van der Waals surface area contributed by atoms with Crippen molar-refractivity contribution in [2.75, 3.05) is 25.6 Å². The number of amides is 3. The molecule has 1 saturated heterocycles. The Kier molecular flexibility index (Phi) is 9.40. The molecule has 3 amide bonds. The molecule has 202 valence electrons. The first-order valence-electron chi connectivity index (χ1n) is 11.8. The lowest BCUT2D eigenvalue weighted by Gasteiger charge is -2.15. The van der Waals surface area contributed by atoms with Crippen LogP contribution in [0.1, 0.15) is 18.1 Å². The molecule has 4 rings (SSSR count). The number of hydrogen-bond donors (Lipinski definition) is 1. The van der Waals surface area contributed by atoms with Gasteiger partial charge in [-0.05, 0) is 72.3 Å². The SMILES string of the molecule is CCOc1cc(/C=C2/SC(=O)N(CC(=O)Nc3ccccc3OC)C2=O)cc(Cl)c1OCc1ccc(Cl)cc1. The maximum atomic E-state index is 13.0. The number of carbonyl (C=O) groups excluding carboxylic acids is 3. The zero-order chi connectivity index (χ0) is 27.9. The van der Waals surface area contributed by atoms with Gasteiger partial charge in [-0.1, -0.05) is 47.5 Å². The van der Waals surface area contributed by atoms with Gasteiger partial charge in [0.05, 0.1) is 29.3 Å². The van der Waals surface area contributed by atoms with Gasteiger partial charge in [-0.15, -0.1) is 0 Å². The minimum absolute atomic E-state index is 0.151. The number of ether oxygens (including phenoxy) is 3. The Balaban J connectivity index is 1.49. The van der Waals surface area contributed by atoms with Crippen molar-refractivity contribution in [1.29, 1.82) is 0 Å². The van der Waals surface area contributed by atoms with Gasteiger partial charge in [-0.25, -0.2) is 0 Å². The van der Waals surface area contributed by atoms with Crippen molar-refractivity contribution in [2.45, 2.75) is 13.5 Å². The number of carbonyl (C=O) groups is 3. The normalized spacial score (nSPS) is 14.1. The Labute approximate surface area is 239 Å². The second kappa shape index (κ2) is 12.9. The first-order valence-corrected chi connectivity index (χ1v) is 13.4. The van der Waals surface area contributed by atoms with Gasteiger partial charge in [0.25, 0.3) is 11.1 Å². The fourth-order valence-corrected chi connectivity index (χ4v) is 4.92. The topological polar surface area (TPSA) is 94.2 Å². The second-order valence-electron chi connectivity index (χ2n) is 8.19.